The minimum atomic E-state index is 0.519. The van der Waals surface area contributed by atoms with E-state index in [1.165, 1.54) is 32.1 Å². The Balaban J connectivity index is 1.65. The number of fused-ring (bicyclic) bond motifs is 1. The molecule has 1 fully saturated rings. The second-order valence-electron chi connectivity index (χ2n) is 6.00. The number of hydrogen-bond acceptors (Lipinski definition) is 4. The van der Waals surface area contributed by atoms with Crippen LogP contribution in [0.4, 0.5) is 5.82 Å². The highest BCUT2D eigenvalue weighted by molar-refractivity contribution is 6.31. The number of aromatic nitrogens is 4. The molecule has 5 nitrogen and oxygen atoms in total. The predicted octanol–water partition coefficient (Wildman–Crippen LogP) is 4.42. The largest absolute Gasteiger partial charge is 0.367 e. The Kier molecular flexibility index (Phi) is 3.87. The zero-order valence-electron chi connectivity index (χ0n) is 12.7. The summed E-state index contributed by atoms with van der Waals surface area (Å²) in [5.41, 5.74) is 1.71. The number of nitrogens with one attached hydrogen (secondary N) is 2. The van der Waals surface area contributed by atoms with Crippen LogP contribution in [0.15, 0.2) is 30.7 Å². The van der Waals surface area contributed by atoms with Gasteiger partial charge in [0.15, 0.2) is 5.82 Å². The first-order chi connectivity index (χ1) is 11.3. The van der Waals surface area contributed by atoms with Gasteiger partial charge in [0.25, 0.3) is 0 Å². The molecule has 3 aromatic rings. The van der Waals surface area contributed by atoms with E-state index in [0.717, 1.165) is 22.4 Å². The molecule has 3 aromatic heterocycles. The van der Waals surface area contributed by atoms with Gasteiger partial charge in [-0.1, -0.05) is 30.9 Å². The second-order valence-corrected chi connectivity index (χ2v) is 6.43. The molecule has 0 saturated heterocycles. The topological polar surface area (TPSA) is 66.5 Å². The third-order valence-corrected chi connectivity index (χ3v) is 4.56. The number of halogens is 1. The van der Waals surface area contributed by atoms with Crippen molar-refractivity contribution in [3.63, 3.8) is 0 Å². The first kappa shape index (κ1) is 14.5. The van der Waals surface area contributed by atoms with Gasteiger partial charge in [-0.15, -0.1) is 0 Å². The number of aromatic amines is 1. The molecule has 0 aromatic carbocycles. The van der Waals surface area contributed by atoms with Gasteiger partial charge >= 0.3 is 0 Å². The molecule has 0 bridgehead atoms. The zero-order chi connectivity index (χ0) is 15.6. The van der Waals surface area contributed by atoms with Crippen molar-refractivity contribution in [3.05, 3.63) is 35.7 Å². The summed E-state index contributed by atoms with van der Waals surface area (Å²) in [6, 6.07) is 4.34. The number of hydrogen-bond donors (Lipinski definition) is 2. The van der Waals surface area contributed by atoms with Gasteiger partial charge in [0, 0.05) is 35.6 Å². The van der Waals surface area contributed by atoms with Gasteiger partial charge in [-0.2, -0.15) is 0 Å². The number of rotatable bonds is 3. The summed E-state index contributed by atoms with van der Waals surface area (Å²) < 4.78 is 0. The fourth-order valence-electron chi connectivity index (χ4n) is 3.19. The van der Waals surface area contributed by atoms with Crippen LogP contribution in [0.2, 0.25) is 5.02 Å². The molecule has 0 aliphatic heterocycles. The standard InChI is InChI=1S/C17H18ClN5/c18-11-8-13-14(10-21-16(13)20-9-11)17-19-7-6-15(23-17)22-12-4-2-1-3-5-12/h6-10,12H,1-5H2,(H,20,21)(H,19,22,23). The van der Waals surface area contributed by atoms with Crippen LogP contribution in [0.25, 0.3) is 22.4 Å². The number of anilines is 1. The van der Waals surface area contributed by atoms with E-state index in [1.807, 2.05) is 18.3 Å². The minimum absolute atomic E-state index is 0.519. The molecule has 23 heavy (non-hydrogen) atoms. The fraction of sp³-hybridized carbons (Fsp3) is 0.353. The molecule has 1 aliphatic carbocycles. The van der Waals surface area contributed by atoms with Crippen molar-refractivity contribution in [3.8, 4) is 11.4 Å². The summed E-state index contributed by atoms with van der Waals surface area (Å²) in [6.07, 6.45) is 11.7. The van der Waals surface area contributed by atoms with E-state index in [2.05, 4.69) is 25.3 Å². The Labute approximate surface area is 139 Å². The first-order valence-corrected chi connectivity index (χ1v) is 8.40. The molecule has 1 aliphatic rings. The Morgan fingerprint density at radius 2 is 2.04 bits per heavy atom. The minimum Gasteiger partial charge on any atom is -0.367 e. The van der Waals surface area contributed by atoms with E-state index in [0.29, 0.717) is 16.9 Å². The first-order valence-electron chi connectivity index (χ1n) is 8.02. The van der Waals surface area contributed by atoms with E-state index < -0.39 is 0 Å². The van der Waals surface area contributed by atoms with Crippen LogP contribution in [-0.2, 0) is 0 Å². The normalized spacial score (nSPS) is 15.9. The van der Waals surface area contributed by atoms with E-state index in [4.69, 9.17) is 11.6 Å². The highest BCUT2D eigenvalue weighted by Crippen LogP contribution is 2.28. The van der Waals surface area contributed by atoms with E-state index >= 15 is 0 Å². The molecular weight excluding hydrogens is 310 g/mol. The van der Waals surface area contributed by atoms with Gasteiger partial charge < -0.3 is 10.3 Å². The molecule has 0 radical (unpaired) electrons. The van der Waals surface area contributed by atoms with Crippen molar-refractivity contribution in [1.82, 2.24) is 19.9 Å². The lowest BCUT2D eigenvalue weighted by Crippen LogP contribution is -2.22. The van der Waals surface area contributed by atoms with Gasteiger partial charge in [-0.3, -0.25) is 0 Å². The van der Waals surface area contributed by atoms with Gasteiger partial charge in [0.1, 0.15) is 11.5 Å². The van der Waals surface area contributed by atoms with Crippen molar-refractivity contribution in [2.45, 2.75) is 38.1 Å². The molecule has 3 heterocycles. The average Bonchev–Trinajstić information content (AvgIpc) is 2.99. The number of nitrogens with zero attached hydrogens (tertiary/aromatic N) is 3. The summed E-state index contributed by atoms with van der Waals surface area (Å²) in [7, 11) is 0. The van der Waals surface area contributed by atoms with E-state index in [1.54, 1.807) is 12.4 Å². The second kappa shape index (κ2) is 6.16. The van der Waals surface area contributed by atoms with Crippen molar-refractivity contribution in [1.29, 1.82) is 0 Å². The molecule has 4 rings (SSSR count). The average molecular weight is 328 g/mol. The molecule has 0 atom stereocenters. The van der Waals surface area contributed by atoms with E-state index in [-0.39, 0.29) is 0 Å². The van der Waals surface area contributed by atoms with Crippen LogP contribution >= 0.6 is 11.6 Å². The summed E-state index contributed by atoms with van der Waals surface area (Å²) in [5.74, 6) is 1.56. The fourth-order valence-corrected chi connectivity index (χ4v) is 3.35. The monoisotopic (exact) mass is 327 g/mol. The van der Waals surface area contributed by atoms with Crippen molar-refractivity contribution >= 4 is 28.5 Å². The van der Waals surface area contributed by atoms with E-state index in [9.17, 15) is 0 Å². The zero-order valence-corrected chi connectivity index (χ0v) is 13.5. The lowest BCUT2D eigenvalue weighted by atomic mass is 9.95. The third kappa shape index (κ3) is 3.01. The Hall–Kier alpha value is -2.14. The molecule has 118 valence electrons. The lowest BCUT2D eigenvalue weighted by molar-refractivity contribution is 0.462. The SMILES string of the molecule is Clc1cnc2[nH]cc(-c3nccc(NC4CCCCC4)n3)c2c1. The van der Waals surface area contributed by atoms with Crippen LogP contribution in [0.1, 0.15) is 32.1 Å². The quantitative estimate of drug-likeness (QED) is 0.747. The molecule has 0 amide bonds. The molecule has 1 saturated carbocycles. The summed E-state index contributed by atoms with van der Waals surface area (Å²) in [6.45, 7) is 0. The van der Waals surface area contributed by atoms with Crippen LogP contribution in [-0.4, -0.2) is 26.0 Å². The van der Waals surface area contributed by atoms with Crippen molar-refractivity contribution in [2.75, 3.05) is 5.32 Å². The Bertz CT molecular complexity index is 823. The van der Waals surface area contributed by atoms with Crippen LogP contribution in [0, 0.1) is 0 Å². The maximum atomic E-state index is 6.07. The highest BCUT2D eigenvalue weighted by atomic mass is 35.5. The molecule has 0 spiro atoms. The van der Waals surface area contributed by atoms with Gasteiger partial charge in [0.05, 0.1) is 5.02 Å². The summed E-state index contributed by atoms with van der Waals surface area (Å²) in [4.78, 5) is 16.5. The summed E-state index contributed by atoms with van der Waals surface area (Å²) >= 11 is 6.07. The van der Waals surface area contributed by atoms with Gasteiger partial charge in [-0.05, 0) is 25.0 Å². The van der Waals surface area contributed by atoms with Crippen LogP contribution in [0.3, 0.4) is 0 Å². The number of pyridine rings is 1. The number of H-pyrrole nitrogens is 1. The maximum Gasteiger partial charge on any atom is 0.163 e. The van der Waals surface area contributed by atoms with Crippen LogP contribution in [0.5, 0.6) is 0 Å². The van der Waals surface area contributed by atoms with Gasteiger partial charge in [0.2, 0.25) is 0 Å². The lowest BCUT2D eigenvalue weighted by Gasteiger charge is -2.23. The highest BCUT2D eigenvalue weighted by Gasteiger charge is 2.15. The Morgan fingerprint density at radius 3 is 2.91 bits per heavy atom. The van der Waals surface area contributed by atoms with Crippen LogP contribution < -0.4 is 5.32 Å². The predicted molar refractivity (Wildman–Crippen MR) is 92.6 cm³/mol. The molecule has 2 N–H and O–H groups in total. The summed E-state index contributed by atoms with van der Waals surface area (Å²) in [5, 5.41) is 5.08. The van der Waals surface area contributed by atoms with Gasteiger partial charge in [-0.25, -0.2) is 15.0 Å². The smallest absolute Gasteiger partial charge is 0.163 e. The third-order valence-electron chi connectivity index (χ3n) is 4.35. The van der Waals surface area contributed by atoms with Crippen molar-refractivity contribution < 1.29 is 0 Å². The maximum absolute atomic E-state index is 6.07. The Morgan fingerprint density at radius 1 is 1.17 bits per heavy atom. The molecule has 0 unspecified atom stereocenters. The van der Waals surface area contributed by atoms with Crippen molar-refractivity contribution in [2.24, 2.45) is 0 Å². The molecular formula is C17H18ClN5. The molecule has 6 heteroatoms.